The average Bonchev–Trinajstić information content (AvgIpc) is 3.11. The minimum atomic E-state index is -0.730. The number of fused-ring (bicyclic) bond motifs is 1. The van der Waals surface area contributed by atoms with E-state index in [2.05, 4.69) is 10.2 Å². The third-order valence-corrected chi connectivity index (χ3v) is 4.71. The maximum absolute atomic E-state index is 13.4. The molecule has 0 saturated heterocycles. The first kappa shape index (κ1) is 15.9. The molecule has 0 spiro atoms. The molecule has 6 heteroatoms. The SMILES string of the molecule is NC1(CO)Cc2ccccc2C(c2nnc(-c3cccc(F)c3)o2)C1. The number of benzene rings is 2. The van der Waals surface area contributed by atoms with Crippen LogP contribution in [0.25, 0.3) is 11.5 Å². The Balaban J connectivity index is 1.74. The molecule has 5 nitrogen and oxygen atoms in total. The van der Waals surface area contributed by atoms with E-state index in [-0.39, 0.29) is 24.2 Å². The lowest BCUT2D eigenvalue weighted by Gasteiger charge is -2.36. The number of nitrogens with zero attached hydrogens (tertiary/aromatic N) is 2. The van der Waals surface area contributed by atoms with Gasteiger partial charge in [0.2, 0.25) is 11.8 Å². The van der Waals surface area contributed by atoms with Gasteiger partial charge in [0.05, 0.1) is 12.5 Å². The minimum Gasteiger partial charge on any atom is -0.420 e. The summed E-state index contributed by atoms with van der Waals surface area (Å²) in [5.74, 6) is 0.136. The van der Waals surface area contributed by atoms with Crippen LogP contribution in [0.3, 0.4) is 0 Å². The molecular formula is C19H18FN3O2. The standard InChI is InChI=1S/C19H18FN3O2/c20-14-6-3-5-12(8-14)17-22-23-18(25-17)16-10-19(21,11-24)9-13-4-1-2-7-15(13)16/h1-8,16,24H,9-11,21H2. The smallest absolute Gasteiger partial charge is 0.247 e. The predicted molar refractivity (Wildman–Crippen MR) is 90.3 cm³/mol. The molecule has 3 N–H and O–H groups in total. The van der Waals surface area contributed by atoms with Gasteiger partial charge in [-0.05, 0) is 42.2 Å². The summed E-state index contributed by atoms with van der Waals surface area (Å²) in [6, 6.07) is 14.0. The molecular weight excluding hydrogens is 321 g/mol. The van der Waals surface area contributed by atoms with E-state index >= 15 is 0 Å². The van der Waals surface area contributed by atoms with Gasteiger partial charge < -0.3 is 15.3 Å². The van der Waals surface area contributed by atoms with Crippen LogP contribution in [-0.4, -0.2) is 27.4 Å². The van der Waals surface area contributed by atoms with Crippen molar-refractivity contribution in [3.8, 4) is 11.5 Å². The number of hydrogen-bond acceptors (Lipinski definition) is 5. The van der Waals surface area contributed by atoms with E-state index in [1.807, 2.05) is 24.3 Å². The van der Waals surface area contributed by atoms with Crippen LogP contribution in [0.4, 0.5) is 4.39 Å². The molecule has 0 radical (unpaired) electrons. The van der Waals surface area contributed by atoms with E-state index in [9.17, 15) is 9.50 Å². The summed E-state index contributed by atoms with van der Waals surface area (Å²) in [7, 11) is 0. The number of hydrogen-bond donors (Lipinski definition) is 2. The number of rotatable bonds is 3. The van der Waals surface area contributed by atoms with Gasteiger partial charge in [-0.2, -0.15) is 0 Å². The van der Waals surface area contributed by atoms with Crippen molar-refractivity contribution in [3.05, 3.63) is 71.4 Å². The van der Waals surface area contributed by atoms with Gasteiger partial charge in [-0.25, -0.2) is 4.39 Å². The molecule has 0 fully saturated rings. The molecule has 3 aromatic rings. The topological polar surface area (TPSA) is 85.2 Å². The Morgan fingerprint density at radius 1 is 1.20 bits per heavy atom. The van der Waals surface area contributed by atoms with Gasteiger partial charge in [-0.1, -0.05) is 30.3 Å². The summed E-state index contributed by atoms with van der Waals surface area (Å²) < 4.78 is 19.3. The fourth-order valence-corrected chi connectivity index (χ4v) is 3.46. The van der Waals surface area contributed by atoms with Crippen molar-refractivity contribution in [3.63, 3.8) is 0 Å². The summed E-state index contributed by atoms with van der Waals surface area (Å²) in [5, 5.41) is 18.0. The number of aliphatic hydroxyl groups is 1. The fourth-order valence-electron chi connectivity index (χ4n) is 3.46. The maximum Gasteiger partial charge on any atom is 0.247 e. The second-order valence-electron chi connectivity index (χ2n) is 6.61. The van der Waals surface area contributed by atoms with Crippen LogP contribution in [0.2, 0.25) is 0 Å². The highest BCUT2D eigenvalue weighted by molar-refractivity contribution is 5.52. The molecule has 0 bridgehead atoms. The molecule has 2 unspecified atom stereocenters. The van der Waals surface area contributed by atoms with Gasteiger partial charge >= 0.3 is 0 Å². The first-order valence-electron chi connectivity index (χ1n) is 8.15. The molecule has 128 valence electrons. The van der Waals surface area contributed by atoms with Crippen molar-refractivity contribution in [2.24, 2.45) is 5.73 Å². The maximum atomic E-state index is 13.4. The van der Waals surface area contributed by atoms with Gasteiger partial charge in [0.15, 0.2) is 0 Å². The molecule has 0 aliphatic heterocycles. The largest absolute Gasteiger partial charge is 0.420 e. The Morgan fingerprint density at radius 2 is 2.04 bits per heavy atom. The summed E-state index contributed by atoms with van der Waals surface area (Å²) in [4.78, 5) is 0. The molecule has 1 aliphatic rings. The van der Waals surface area contributed by atoms with E-state index in [1.165, 1.54) is 12.1 Å². The first-order chi connectivity index (χ1) is 12.1. The van der Waals surface area contributed by atoms with Crippen LogP contribution in [0.5, 0.6) is 0 Å². The normalized spacial score (nSPS) is 22.6. The van der Waals surface area contributed by atoms with Crippen molar-refractivity contribution in [2.45, 2.75) is 24.3 Å². The lowest BCUT2D eigenvalue weighted by molar-refractivity contribution is 0.171. The predicted octanol–water partition coefficient (Wildman–Crippen LogP) is 2.64. The van der Waals surface area contributed by atoms with E-state index in [0.717, 1.165) is 11.1 Å². The zero-order chi connectivity index (χ0) is 17.4. The van der Waals surface area contributed by atoms with Gasteiger partial charge in [0, 0.05) is 11.1 Å². The molecule has 1 aromatic heterocycles. The van der Waals surface area contributed by atoms with Crippen molar-refractivity contribution in [1.29, 1.82) is 0 Å². The highest BCUT2D eigenvalue weighted by Gasteiger charge is 2.38. The summed E-state index contributed by atoms with van der Waals surface area (Å²) in [6.45, 7) is -0.122. The highest BCUT2D eigenvalue weighted by atomic mass is 19.1. The monoisotopic (exact) mass is 339 g/mol. The molecule has 1 aliphatic carbocycles. The minimum absolute atomic E-state index is 0.122. The van der Waals surface area contributed by atoms with Crippen molar-refractivity contribution < 1.29 is 13.9 Å². The van der Waals surface area contributed by atoms with Crippen LogP contribution in [0, 0.1) is 5.82 Å². The zero-order valence-corrected chi connectivity index (χ0v) is 13.5. The van der Waals surface area contributed by atoms with Gasteiger partial charge in [0.25, 0.3) is 0 Å². The third-order valence-electron chi connectivity index (χ3n) is 4.71. The second kappa shape index (κ2) is 6.06. The van der Waals surface area contributed by atoms with Crippen LogP contribution in [0.1, 0.15) is 29.4 Å². The van der Waals surface area contributed by atoms with Crippen molar-refractivity contribution >= 4 is 0 Å². The highest BCUT2D eigenvalue weighted by Crippen LogP contribution is 2.40. The molecule has 2 atom stereocenters. The van der Waals surface area contributed by atoms with Crippen LogP contribution in [0.15, 0.2) is 52.9 Å². The molecule has 2 aromatic carbocycles. The average molecular weight is 339 g/mol. The van der Waals surface area contributed by atoms with Gasteiger partial charge in [0.1, 0.15) is 5.82 Å². The molecule has 0 saturated carbocycles. The number of halogens is 1. The Labute approximate surface area is 144 Å². The Kier molecular flexibility index (Phi) is 3.86. The molecule has 0 amide bonds. The van der Waals surface area contributed by atoms with Gasteiger partial charge in [-0.15, -0.1) is 10.2 Å². The lowest BCUT2D eigenvalue weighted by atomic mass is 9.73. The van der Waals surface area contributed by atoms with E-state index in [1.54, 1.807) is 12.1 Å². The van der Waals surface area contributed by atoms with E-state index in [4.69, 9.17) is 10.2 Å². The van der Waals surface area contributed by atoms with Gasteiger partial charge in [-0.3, -0.25) is 0 Å². The third kappa shape index (κ3) is 2.94. The Hall–Kier alpha value is -2.57. The van der Waals surface area contributed by atoms with Crippen molar-refractivity contribution in [2.75, 3.05) is 6.61 Å². The van der Waals surface area contributed by atoms with Crippen molar-refractivity contribution in [1.82, 2.24) is 10.2 Å². The Bertz CT molecular complexity index is 911. The summed E-state index contributed by atoms with van der Waals surface area (Å²) >= 11 is 0. The molecule has 25 heavy (non-hydrogen) atoms. The molecule has 4 rings (SSSR count). The molecule has 1 heterocycles. The fraction of sp³-hybridized carbons (Fsp3) is 0.263. The quantitative estimate of drug-likeness (QED) is 0.766. The lowest BCUT2D eigenvalue weighted by Crippen LogP contribution is -2.49. The van der Waals surface area contributed by atoms with Crippen LogP contribution >= 0.6 is 0 Å². The van der Waals surface area contributed by atoms with Crippen LogP contribution in [-0.2, 0) is 6.42 Å². The summed E-state index contributed by atoms with van der Waals surface area (Å²) in [5.41, 5.74) is 8.30. The summed E-state index contributed by atoms with van der Waals surface area (Å²) in [6.07, 6.45) is 1.10. The Morgan fingerprint density at radius 3 is 2.84 bits per heavy atom. The zero-order valence-electron chi connectivity index (χ0n) is 13.5. The van der Waals surface area contributed by atoms with E-state index < -0.39 is 5.54 Å². The number of nitrogens with two attached hydrogens (primary N) is 1. The number of aromatic nitrogens is 2. The van der Waals surface area contributed by atoms with Crippen LogP contribution < -0.4 is 5.73 Å². The number of aliphatic hydroxyl groups excluding tert-OH is 1. The van der Waals surface area contributed by atoms with E-state index in [0.29, 0.717) is 24.3 Å². The first-order valence-corrected chi connectivity index (χ1v) is 8.15. The second-order valence-corrected chi connectivity index (χ2v) is 6.61.